The molecule has 0 aliphatic rings. The Morgan fingerprint density at radius 2 is 1.93 bits per heavy atom. The maximum atomic E-state index is 12.3. The molecule has 78 valence electrons. The van der Waals surface area contributed by atoms with Crippen LogP contribution < -0.4 is 15.2 Å². The van der Waals surface area contributed by atoms with E-state index < -0.39 is 12.7 Å². The molecule has 3 nitrogen and oxygen atoms in total. The third-order valence-corrected chi connectivity index (χ3v) is 2.00. The topological polar surface area (TPSA) is 44.5 Å². The van der Waals surface area contributed by atoms with E-state index in [-0.39, 0.29) is 0 Å². The van der Waals surface area contributed by atoms with Crippen molar-refractivity contribution in [2.75, 3.05) is 20.9 Å². The van der Waals surface area contributed by atoms with E-state index in [1.165, 1.54) is 7.11 Å². The van der Waals surface area contributed by atoms with Crippen LogP contribution in [-0.4, -0.2) is 20.9 Å². The summed E-state index contributed by atoms with van der Waals surface area (Å²) < 4.78 is 22.4. The largest absolute Gasteiger partial charge is 0.493 e. The molecule has 4 heteroatoms. The smallest absolute Gasteiger partial charge is 0.161 e. The summed E-state index contributed by atoms with van der Waals surface area (Å²) in [5, 5.41) is 0. The van der Waals surface area contributed by atoms with E-state index in [1.54, 1.807) is 25.3 Å². The first kappa shape index (κ1) is 10.8. The van der Waals surface area contributed by atoms with E-state index in [1.807, 2.05) is 0 Å². The van der Waals surface area contributed by atoms with Gasteiger partial charge in [0.1, 0.15) is 6.67 Å². The Bertz CT molecular complexity index is 304. The fraction of sp³-hybridized carbons (Fsp3) is 0.400. The van der Waals surface area contributed by atoms with Crippen LogP contribution in [-0.2, 0) is 0 Å². The van der Waals surface area contributed by atoms with Crippen molar-refractivity contribution in [1.29, 1.82) is 0 Å². The van der Waals surface area contributed by atoms with E-state index in [9.17, 15) is 4.39 Å². The molecular formula is C10H14FNO2. The zero-order valence-corrected chi connectivity index (χ0v) is 8.29. The molecular weight excluding hydrogens is 185 g/mol. The van der Waals surface area contributed by atoms with Crippen LogP contribution in [0.25, 0.3) is 0 Å². The molecule has 2 N–H and O–H groups in total. The van der Waals surface area contributed by atoms with E-state index >= 15 is 0 Å². The van der Waals surface area contributed by atoms with Crippen molar-refractivity contribution in [2.45, 2.75) is 6.04 Å². The molecule has 0 saturated heterocycles. The highest BCUT2D eigenvalue weighted by atomic mass is 19.1. The van der Waals surface area contributed by atoms with E-state index in [0.29, 0.717) is 17.1 Å². The number of nitrogens with two attached hydrogens (primary N) is 1. The number of halogens is 1. The highest BCUT2D eigenvalue weighted by molar-refractivity contribution is 5.43. The molecule has 0 amide bonds. The van der Waals surface area contributed by atoms with Crippen LogP contribution >= 0.6 is 0 Å². The minimum atomic E-state index is -0.602. The van der Waals surface area contributed by atoms with Crippen molar-refractivity contribution in [3.8, 4) is 11.5 Å². The van der Waals surface area contributed by atoms with Gasteiger partial charge in [-0.15, -0.1) is 0 Å². The standard InChI is InChI=1S/C10H14FNO2/c1-13-9-4-3-7(8(12)6-11)5-10(9)14-2/h3-5,8H,6,12H2,1-2H3/t8-/m0/s1. The summed E-state index contributed by atoms with van der Waals surface area (Å²) in [6.07, 6.45) is 0. The molecule has 0 unspecified atom stereocenters. The van der Waals surface area contributed by atoms with Gasteiger partial charge in [-0.25, -0.2) is 4.39 Å². The molecule has 0 aromatic heterocycles. The van der Waals surface area contributed by atoms with Crippen molar-refractivity contribution in [3.05, 3.63) is 23.8 Å². The Hall–Kier alpha value is -1.29. The second-order valence-electron chi connectivity index (χ2n) is 2.88. The molecule has 0 fully saturated rings. The lowest BCUT2D eigenvalue weighted by Gasteiger charge is -2.12. The minimum Gasteiger partial charge on any atom is -0.493 e. The van der Waals surface area contributed by atoms with Gasteiger partial charge >= 0.3 is 0 Å². The predicted molar refractivity (Wildman–Crippen MR) is 52.4 cm³/mol. The molecule has 1 aromatic carbocycles. The van der Waals surface area contributed by atoms with Gasteiger partial charge in [0, 0.05) is 0 Å². The number of hydrogen-bond donors (Lipinski definition) is 1. The first-order chi connectivity index (χ1) is 6.72. The van der Waals surface area contributed by atoms with Crippen molar-refractivity contribution in [1.82, 2.24) is 0 Å². The van der Waals surface area contributed by atoms with Crippen molar-refractivity contribution >= 4 is 0 Å². The normalized spacial score (nSPS) is 12.3. The Balaban J connectivity index is 3.01. The number of hydrogen-bond acceptors (Lipinski definition) is 3. The third kappa shape index (κ3) is 2.14. The van der Waals surface area contributed by atoms with Crippen LogP contribution in [0.5, 0.6) is 11.5 Å². The first-order valence-corrected chi connectivity index (χ1v) is 4.26. The molecule has 14 heavy (non-hydrogen) atoms. The SMILES string of the molecule is COc1ccc([C@@H](N)CF)cc1OC. The predicted octanol–water partition coefficient (Wildman–Crippen LogP) is 1.67. The van der Waals surface area contributed by atoms with Crippen LogP contribution in [0.15, 0.2) is 18.2 Å². The number of alkyl halides is 1. The fourth-order valence-electron chi connectivity index (χ4n) is 1.17. The lowest BCUT2D eigenvalue weighted by molar-refractivity contribution is 0.353. The number of methoxy groups -OCH3 is 2. The second kappa shape index (κ2) is 4.81. The Morgan fingerprint density at radius 1 is 1.29 bits per heavy atom. The van der Waals surface area contributed by atoms with Crippen LogP contribution in [0.3, 0.4) is 0 Å². The Kier molecular flexibility index (Phi) is 3.71. The maximum absolute atomic E-state index is 12.3. The number of ether oxygens (including phenoxy) is 2. The summed E-state index contributed by atoms with van der Waals surface area (Å²) in [6, 6.07) is 4.52. The summed E-state index contributed by atoms with van der Waals surface area (Å²) in [7, 11) is 3.08. The molecule has 0 aliphatic carbocycles. The third-order valence-electron chi connectivity index (χ3n) is 2.00. The Labute approximate surface area is 82.6 Å². The highest BCUT2D eigenvalue weighted by Crippen LogP contribution is 2.29. The fourth-order valence-corrected chi connectivity index (χ4v) is 1.17. The van der Waals surface area contributed by atoms with Crippen LogP contribution in [0.4, 0.5) is 4.39 Å². The summed E-state index contributed by atoms with van der Waals surface area (Å²) in [5.41, 5.74) is 6.24. The molecule has 0 saturated carbocycles. The zero-order chi connectivity index (χ0) is 10.6. The van der Waals surface area contributed by atoms with Gasteiger partial charge in [0.15, 0.2) is 11.5 Å². The molecule has 0 spiro atoms. The molecule has 0 aliphatic heterocycles. The van der Waals surface area contributed by atoms with Gasteiger partial charge in [-0.2, -0.15) is 0 Å². The second-order valence-corrected chi connectivity index (χ2v) is 2.88. The highest BCUT2D eigenvalue weighted by Gasteiger charge is 2.09. The van der Waals surface area contributed by atoms with Crippen molar-refractivity contribution < 1.29 is 13.9 Å². The van der Waals surface area contributed by atoms with E-state index in [0.717, 1.165) is 0 Å². The van der Waals surface area contributed by atoms with Gasteiger partial charge in [0.05, 0.1) is 20.3 Å². The quantitative estimate of drug-likeness (QED) is 0.802. The summed E-state index contributed by atoms with van der Waals surface area (Å²) in [6.45, 7) is -0.588. The van der Waals surface area contributed by atoms with Gasteiger partial charge in [0.25, 0.3) is 0 Å². The molecule has 1 atom stereocenters. The molecule has 0 radical (unpaired) electrons. The van der Waals surface area contributed by atoms with Gasteiger partial charge in [-0.05, 0) is 17.7 Å². The van der Waals surface area contributed by atoms with Gasteiger partial charge in [-0.3, -0.25) is 0 Å². The molecule has 0 heterocycles. The lowest BCUT2D eigenvalue weighted by Crippen LogP contribution is -2.12. The molecule has 1 rings (SSSR count). The van der Waals surface area contributed by atoms with Crippen molar-refractivity contribution in [2.24, 2.45) is 5.73 Å². The van der Waals surface area contributed by atoms with E-state index in [4.69, 9.17) is 15.2 Å². The van der Waals surface area contributed by atoms with Crippen LogP contribution in [0.1, 0.15) is 11.6 Å². The summed E-state index contributed by atoms with van der Waals surface area (Å²) in [4.78, 5) is 0. The monoisotopic (exact) mass is 199 g/mol. The van der Waals surface area contributed by atoms with Gasteiger partial charge in [-0.1, -0.05) is 6.07 Å². The van der Waals surface area contributed by atoms with Gasteiger partial charge in [0.2, 0.25) is 0 Å². The average molecular weight is 199 g/mol. The first-order valence-electron chi connectivity index (χ1n) is 4.26. The van der Waals surface area contributed by atoms with E-state index in [2.05, 4.69) is 0 Å². The number of rotatable bonds is 4. The Morgan fingerprint density at radius 3 is 2.43 bits per heavy atom. The zero-order valence-electron chi connectivity index (χ0n) is 8.29. The maximum Gasteiger partial charge on any atom is 0.161 e. The minimum absolute atomic E-state index is 0.564. The summed E-state index contributed by atoms with van der Waals surface area (Å²) >= 11 is 0. The molecule has 1 aromatic rings. The summed E-state index contributed by atoms with van der Waals surface area (Å²) in [5.74, 6) is 1.18. The average Bonchev–Trinajstić information content (AvgIpc) is 2.26. The van der Waals surface area contributed by atoms with Crippen molar-refractivity contribution in [3.63, 3.8) is 0 Å². The molecule has 0 bridgehead atoms. The number of benzene rings is 1. The van der Waals surface area contributed by atoms with Crippen LogP contribution in [0.2, 0.25) is 0 Å². The van der Waals surface area contributed by atoms with Gasteiger partial charge < -0.3 is 15.2 Å². The van der Waals surface area contributed by atoms with Crippen LogP contribution in [0, 0.1) is 0 Å². The lowest BCUT2D eigenvalue weighted by atomic mass is 10.1.